The number of ether oxygens (including phenoxy) is 2. The van der Waals surface area contributed by atoms with Crippen LogP contribution in [0, 0.1) is 6.92 Å². The van der Waals surface area contributed by atoms with E-state index in [1.807, 2.05) is 60.7 Å². The average Bonchev–Trinajstić information content (AvgIpc) is 3.03. The minimum Gasteiger partial charge on any atom is -0.484 e. The Hall–Kier alpha value is -4.26. The van der Waals surface area contributed by atoms with Crippen molar-refractivity contribution in [2.24, 2.45) is 7.05 Å². The van der Waals surface area contributed by atoms with E-state index in [1.54, 1.807) is 42.9 Å². The minimum absolute atomic E-state index is 0.224. The molecule has 7 heteroatoms. The van der Waals surface area contributed by atoms with Gasteiger partial charge < -0.3 is 14.8 Å². The van der Waals surface area contributed by atoms with Crippen LogP contribution in [-0.4, -0.2) is 21.9 Å². The van der Waals surface area contributed by atoms with Crippen LogP contribution in [0.15, 0.2) is 89.7 Å². The lowest BCUT2D eigenvalue weighted by molar-refractivity contribution is -0.118. The van der Waals surface area contributed by atoms with E-state index in [-0.39, 0.29) is 17.9 Å². The lowest BCUT2D eigenvalue weighted by atomic mass is 10.3. The number of carbonyl (C=O) groups excluding carboxylic acids is 1. The quantitative estimate of drug-likeness (QED) is 0.476. The van der Waals surface area contributed by atoms with E-state index < -0.39 is 5.91 Å². The first-order valence-corrected chi connectivity index (χ1v) is 10.1. The van der Waals surface area contributed by atoms with Crippen molar-refractivity contribution >= 4 is 11.6 Å². The van der Waals surface area contributed by atoms with Crippen LogP contribution in [0.4, 0.5) is 5.69 Å². The molecular formula is C25H23N3O4. The lowest BCUT2D eigenvalue weighted by Crippen LogP contribution is -2.25. The summed E-state index contributed by atoms with van der Waals surface area (Å²) in [6.45, 7) is 1.56. The first kappa shape index (κ1) is 21.0. The summed E-state index contributed by atoms with van der Waals surface area (Å²) in [6, 6.07) is 25.7. The van der Waals surface area contributed by atoms with Gasteiger partial charge in [0.25, 0.3) is 11.5 Å². The molecule has 1 amide bonds. The zero-order chi connectivity index (χ0) is 22.5. The highest BCUT2D eigenvalue weighted by Gasteiger charge is 2.18. The summed E-state index contributed by atoms with van der Waals surface area (Å²) in [7, 11) is 1.77. The van der Waals surface area contributed by atoms with Gasteiger partial charge in [-0.05, 0) is 55.5 Å². The van der Waals surface area contributed by atoms with Crippen molar-refractivity contribution in [1.29, 1.82) is 0 Å². The van der Waals surface area contributed by atoms with Gasteiger partial charge in [0.1, 0.15) is 22.9 Å². The standard InChI is InChI=1S/C25H23N3O4/c1-18-24(25(30)28(27(18)2)19-9-5-3-6-10-19)26-23(29)17-31-20-13-15-22(16-14-20)32-21-11-7-4-8-12-21/h3-16H,17H2,1-2H3,(H,26,29). The number of benzene rings is 3. The predicted molar refractivity (Wildman–Crippen MR) is 123 cm³/mol. The highest BCUT2D eigenvalue weighted by Crippen LogP contribution is 2.23. The number of aromatic nitrogens is 2. The second kappa shape index (κ2) is 9.26. The summed E-state index contributed by atoms with van der Waals surface area (Å²) in [5, 5.41) is 2.68. The zero-order valence-electron chi connectivity index (χ0n) is 17.8. The molecule has 0 bridgehead atoms. The van der Waals surface area contributed by atoms with Gasteiger partial charge >= 0.3 is 0 Å². The second-order valence-electron chi connectivity index (χ2n) is 7.16. The number of hydrogen-bond donors (Lipinski definition) is 1. The fourth-order valence-corrected chi connectivity index (χ4v) is 3.27. The molecule has 1 aromatic heterocycles. The van der Waals surface area contributed by atoms with Crippen molar-refractivity contribution in [3.8, 4) is 22.9 Å². The molecule has 0 spiro atoms. The Morgan fingerprint density at radius 2 is 1.41 bits per heavy atom. The first-order valence-electron chi connectivity index (χ1n) is 10.1. The number of nitrogens with one attached hydrogen (secondary N) is 1. The van der Waals surface area contributed by atoms with Crippen molar-refractivity contribution < 1.29 is 14.3 Å². The van der Waals surface area contributed by atoms with E-state index >= 15 is 0 Å². The fourth-order valence-electron chi connectivity index (χ4n) is 3.27. The molecule has 0 fully saturated rings. The van der Waals surface area contributed by atoms with Crippen LogP contribution in [-0.2, 0) is 11.8 Å². The van der Waals surface area contributed by atoms with Gasteiger partial charge in [0.15, 0.2) is 6.61 Å². The van der Waals surface area contributed by atoms with Crippen LogP contribution in [0.1, 0.15) is 5.69 Å². The SMILES string of the molecule is Cc1c(NC(=O)COc2ccc(Oc3ccccc3)cc2)c(=O)n(-c2ccccc2)n1C. The van der Waals surface area contributed by atoms with Gasteiger partial charge in [-0.2, -0.15) is 0 Å². The largest absolute Gasteiger partial charge is 0.484 e. The summed E-state index contributed by atoms with van der Waals surface area (Å²) in [5.41, 5.74) is 1.30. The molecule has 0 radical (unpaired) electrons. The Balaban J connectivity index is 1.39. The maximum absolute atomic E-state index is 12.9. The molecule has 7 nitrogen and oxygen atoms in total. The van der Waals surface area contributed by atoms with Crippen molar-refractivity contribution in [2.75, 3.05) is 11.9 Å². The predicted octanol–water partition coefficient (Wildman–Crippen LogP) is 4.29. The molecule has 32 heavy (non-hydrogen) atoms. The van der Waals surface area contributed by atoms with Gasteiger partial charge in [0, 0.05) is 7.05 Å². The maximum atomic E-state index is 12.9. The maximum Gasteiger partial charge on any atom is 0.295 e. The Morgan fingerprint density at radius 1 is 0.844 bits per heavy atom. The molecular weight excluding hydrogens is 406 g/mol. The second-order valence-corrected chi connectivity index (χ2v) is 7.16. The van der Waals surface area contributed by atoms with Crippen LogP contribution in [0.25, 0.3) is 5.69 Å². The molecule has 1 heterocycles. The van der Waals surface area contributed by atoms with Gasteiger partial charge in [-0.15, -0.1) is 0 Å². The minimum atomic E-state index is -0.416. The molecule has 0 atom stereocenters. The Kier molecular flexibility index (Phi) is 6.07. The number of amides is 1. The van der Waals surface area contributed by atoms with E-state index in [0.29, 0.717) is 17.2 Å². The Bertz CT molecular complexity index is 1260. The third-order valence-electron chi connectivity index (χ3n) is 4.99. The number of carbonyl (C=O) groups is 1. The van der Waals surface area contributed by atoms with E-state index in [1.165, 1.54) is 4.68 Å². The van der Waals surface area contributed by atoms with E-state index in [4.69, 9.17) is 9.47 Å². The van der Waals surface area contributed by atoms with Gasteiger partial charge in [-0.1, -0.05) is 36.4 Å². The van der Waals surface area contributed by atoms with Crippen LogP contribution < -0.4 is 20.3 Å². The molecule has 162 valence electrons. The molecule has 0 saturated heterocycles. The number of hydrogen-bond acceptors (Lipinski definition) is 4. The molecule has 4 rings (SSSR count). The molecule has 0 unspecified atom stereocenters. The summed E-state index contributed by atoms with van der Waals surface area (Å²) in [5.74, 6) is 1.50. The van der Waals surface area contributed by atoms with E-state index in [2.05, 4.69) is 5.32 Å². The third-order valence-corrected chi connectivity index (χ3v) is 4.99. The molecule has 0 saturated carbocycles. The van der Waals surface area contributed by atoms with Gasteiger partial charge in [0.05, 0.1) is 11.4 Å². The van der Waals surface area contributed by atoms with Crippen LogP contribution >= 0.6 is 0 Å². The van der Waals surface area contributed by atoms with E-state index in [9.17, 15) is 9.59 Å². The molecule has 0 aliphatic carbocycles. The van der Waals surface area contributed by atoms with Crippen molar-refractivity contribution in [3.63, 3.8) is 0 Å². The average molecular weight is 429 g/mol. The molecule has 4 aromatic rings. The molecule has 0 aliphatic rings. The van der Waals surface area contributed by atoms with Crippen LogP contribution in [0.3, 0.4) is 0 Å². The summed E-state index contributed by atoms with van der Waals surface area (Å²) < 4.78 is 14.5. The number of rotatable bonds is 7. The van der Waals surface area contributed by atoms with Crippen molar-refractivity contribution in [3.05, 3.63) is 101 Å². The van der Waals surface area contributed by atoms with Gasteiger partial charge in [-0.25, -0.2) is 4.68 Å². The van der Waals surface area contributed by atoms with Gasteiger partial charge in [0.2, 0.25) is 0 Å². The fraction of sp³-hybridized carbons (Fsp3) is 0.120. The van der Waals surface area contributed by atoms with Crippen molar-refractivity contribution in [2.45, 2.75) is 6.92 Å². The lowest BCUT2D eigenvalue weighted by Gasteiger charge is -2.09. The van der Waals surface area contributed by atoms with Gasteiger partial charge in [-0.3, -0.25) is 14.3 Å². The highest BCUT2D eigenvalue weighted by atomic mass is 16.5. The summed E-state index contributed by atoms with van der Waals surface area (Å²) in [6.07, 6.45) is 0. The molecule has 3 aromatic carbocycles. The van der Waals surface area contributed by atoms with E-state index in [0.717, 1.165) is 11.4 Å². The number of anilines is 1. The Morgan fingerprint density at radius 3 is 2.06 bits per heavy atom. The van der Waals surface area contributed by atoms with Crippen LogP contribution in [0.2, 0.25) is 0 Å². The summed E-state index contributed by atoms with van der Waals surface area (Å²) >= 11 is 0. The highest BCUT2D eigenvalue weighted by molar-refractivity contribution is 5.92. The normalized spacial score (nSPS) is 10.6. The monoisotopic (exact) mass is 429 g/mol. The third kappa shape index (κ3) is 4.57. The smallest absolute Gasteiger partial charge is 0.295 e. The number of para-hydroxylation sites is 2. The molecule has 1 N–H and O–H groups in total. The van der Waals surface area contributed by atoms with Crippen molar-refractivity contribution in [1.82, 2.24) is 9.36 Å². The number of nitrogens with zero attached hydrogens (tertiary/aromatic N) is 2. The Labute approximate surface area is 185 Å². The topological polar surface area (TPSA) is 74.5 Å². The zero-order valence-corrected chi connectivity index (χ0v) is 17.8. The molecule has 0 aliphatic heterocycles. The summed E-state index contributed by atoms with van der Waals surface area (Å²) in [4.78, 5) is 25.3. The first-order chi connectivity index (χ1) is 15.5. The van der Waals surface area contributed by atoms with Crippen LogP contribution in [0.5, 0.6) is 17.2 Å².